The number of hydrogen-bond donors (Lipinski definition) is 3. The molecule has 6 heteroatoms. The predicted molar refractivity (Wildman–Crippen MR) is 54.2 cm³/mol. The minimum atomic E-state index is -0.925. The van der Waals surface area contributed by atoms with E-state index in [0.29, 0.717) is 6.54 Å². The standard InChI is InChI=1S/C8H15NO4S/c1-6(3-10)2-9-7(11)4-14-5-8(12)13/h6,10H,2-5H2,1H3,(H,9,11)(H,12,13). The molecule has 0 aromatic carbocycles. The Morgan fingerprint density at radius 3 is 2.57 bits per heavy atom. The van der Waals surface area contributed by atoms with Gasteiger partial charge in [-0.15, -0.1) is 11.8 Å². The molecule has 0 spiro atoms. The van der Waals surface area contributed by atoms with Crippen molar-refractivity contribution in [2.75, 3.05) is 24.7 Å². The number of carbonyl (C=O) groups excluding carboxylic acids is 1. The van der Waals surface area contributed by atoms with Gasteiger partial charge < -0.3 is 15.5 Å². The summed E-state index contributed by atoms with van der Waals surface area (Å²) in [6.07, 6.45) is 0. The number of rotatable bonds is 7. The summed E-state index contributed by atoms with van der Waals surface area (Å²) in [5.74, 6) is -1.01. The lowest BCUT2D eigenvalue weighted by Crippen LogP contribution is -2.31. The van der Waals surface area contributed by atoms with E-state index in [-0.39, 0.29) is 29.9 Å². The molecule has 0 saturated carbocycles. The summed E-state index contributed by atoms with van der Waals surface area (Å²) in [5.41, 5.74) is 0. The van der Waals surface area contributed by atoms with Crippen LogP contribution in [0.15, 0.2) is 0 Å². The van der Waals surface area contributed by atoms with E-state index in [1.807, 2.05) is 6.92 Å². The molecule has 0 aliphatic heterocycles. The highest BCUT2D eigenvalue weighted by atomic mass is 32.2. The molecule has 1 atom stereocenters. The molecule has 1 unspecified atom stereocenters. The number of aliphatic hydroxyl groups excluding tert-OH is 1. The maximum Gasteiger partial charge on any atom is 0.313 e. The Morgan fingerprint density at radius 2 is 2.07 bits per heavy atom. The maximum atomic E-state index is 11.0. The number of carbonyl (C=O) groups is 2. The zero-order valence-electron chi connectivity index (χ0n) is 8.02. The molecule has 0 rings (SSSR count). The molecule has 3 N–H and O–H groups in total. The molecule has 0 saturated heterocycles. The van der Waals surface area contributed by atoms with Crippen LogP contribution in [0.3, 0.4) is 0 Å². The minimum absolute atomic E-state index is 0.0303. The highest BCUT2D eigenvalue weighted by Crippen LogP contribution is 1.98. The molecular weight excluding hydrogens is 206 g/mol. The Hall–Kier alpha value is -0.750. The van der Waals surface area contributed by atoms with E-state index in [0.717, 1.165) is 11.8 Å². The number of carboxylic acids is 1. The van der Waals surface area contributed by atoms with Crippen LogP contribution in [-0.4, -0.2) is 46.7 Å². The number of amides is 1. The molecule has 0 aliphatic rings. The van der Waals surface area contributed by atoms with Crippen LogP contribution in [0.5, 0.6) is 0 Å². The highest BCUT2D eigenvalue weighted by Gasteiger charge is 2.05. The minimum Gasteiger partial charge on any atom is -0.481 e. The SMILES string of the molecule is CC(CO)CNC(=O)CSCC(=O)O. The monoisotopic (exact) mass is 221 g/mol. The van der Waals surface area contributed by atoms with E-state index >= 15 is 0 Å². The summed E-state index contributed by atoms with van der Waals surface area (Å²) in [6, 6.07) is 0. The first kappa shape index (κ1) is 13.2. The lowest BCUT2D eigenvalue weighted by molar-refractivity contribution is -0.133. The van der Waals surface area contributed by atoms with Crippen molar-refractivity contribution in [1.82, 2.24) is 5.32 Å². The molecule has 0 aromatic rings. The van der Waals surface area contributed by atoms with Crippen LogP contribution in [0.25, 0.3) is 0 Å². The number of thioether (sulfide) groups is 1. The van der Waals surface area contributed by atoms with E-state index in [1.165, 1.54) is 0 Å². The van der Waals surface area contributed by atoms with Crippen LogP contribution in [0, 0.1) is 5.92 Å². The van der Waals surface area contributed by atoms with E-state index < -0.39 is 5.97 Å². The second kappa shape index (κ2) is 7.64. The van der Waals surface area contributed by atoms with Crippen LogP contribution in [-0.2, 0) is 9.59 Å². The number of aliphatic carboxylic acids is 1. The van der Waals surface area contributed by atoms with Gasteiger partial charge in [0.05, 0.1) is 11.5 Å². The molecule has 0 bridgehead atoms. The summed E-state index contributed by atoms with van der Waals surface area (Å²) < 4.78 is 0. The number of carboxylic acid groups (broad SMARTS) is 1. The fourth-order valence-electron chi connectivity index (χ4n) is 0.635. The first-order chi connectivity index (χ1) is 6.56. The zero-order chi connectivity index (χ0) is 11.0. The van der Waals surface area contributed by atoms with Crippen LogP contribution < -0.4 is 5.32 Å². The van der Waals surface area contributed by atoms with Crippen molar-refractivity contribution in [3.05, 3.63) is 0 Å². The number of aliphatic hydroxyl groups is 1. The Morgan fingerprint density at radius 1 is 1.43 bits per heavy atom. The number of nitrogens with one attached hydrogen (secondary N) is 1. The molecule has 0 heterocycles. The third-order valence-electron chi connectivity index (χ3n) is 1.42. The van der Waals surface area contributed by atoms with Crippen molar-refractivity contribution >= 4 is 23.6 Å². The molecule has 82 valence electrons. The lowest BCUT2D eigenvalue weighted by atomic mass is 10.2. The molecule has 5 nitrogen and oxygen atoms in total. The quantitative estimate of drug-likeness (QED) is 0.542. The Balaban J connectivity index is 3.41. The van der Waals surface area contributed by atoms with Crippen molar-refractivity contribution in [3.63, 3.8) is 0 Å². The highest BCUT2D eigenvalue weighted by molar-refractivity contribution is 8.00. The Bertz CT molecular complexity index is 198. The topological polar surface area (TPSA) is 86.6 Å². The average molecular weight is 221 g/mol. The first-order valence-corrected chi connectivity index (χ1v) is 5.38. The summed E-state index contributed by atoms with van der Waals surface area (Å²) in [6.45, 7) is 2.26. The lowest BCUT2D eigenvalue weighted by Gasteiger charge is -2.08. The summed E-state index contributed by atoms with van der Waals surface area (Å²) in [7, 11) is 0. The van der Waals surface area contributed by atoms with Crippen LogP contribution in [0.2, 0.25) is 0 Å². The third kappa shape index (κ3) is 7.88. The van der Waals surface area contributed by atoms with Gasteiger partial charge in [-0.1, -0.05) is 6.92 Å². The molecule has 0 aliphatic carbocycles. The molecule has 0 aromatic heterocycles. The van der Waals surface area contributed by atoms with Crippen LogP contribution >= 0.6 is 11.8 Å². The number of hydrogen-bond acceptors (Lipinski definition) is 4. The first-order valence-electron chi connectivity index (χ1n) is 4.23. The van der Waals surface area contributed by atoms with Gasteiger partial charge in [0.25, 0.3) is 0 Å². The van der Waals surface area contributed by atoms with Crippen LogP contribution in [0.1, 0.15) is 6.92 Å². The Kier molecular flexibility index (Phi) is 7.23. The average Bonchev–Trinajstić information content (AvgIpc) is 2.13. The Labute approximate surface area is 86.9 Å². The van der Waals surface area contributed by atoms with E-state index in [4.69, 9.17) is 10.2 Å². The van der Waals surface area contributed by atoms with Gasteiger partial charge in [-0.05, 0) is 5.92 Å². The van der Waals surface area contributed by atoms with E-state index in [1.54, 1.807) is 0 Å². The van der Waals surface area contributed by atoms with Gasteiger partial charge in [0.2, 0.25) is 5.91 Å². The van der Waals surface area contributed by atoms with Gasteiger partial charge in [0, 0.05) is 13.2 Å². The van der Waals surface area contributed by atoms with Gasteiger partial charge >= 0.3 is 5.97 Å². The van der Waals surface area contributed by atoms with Crippen LogP contribution in [0.4, 0.5) is 0 Å². The molecule has 0 radical (unpaired) electrons. The van der Waals surface area contributed by atoms with Gasteiger partial charge in [-0.2, -0.15) is 0 Å². The summed E-state index contributed by atoms with van der Waals surface area (Å²) in [4.78, 5) is 21.1. The van der Waals surface area contributed by atoms with Crippen molar-refractivity contribution in [2.45, 2.75) is 6.92 Å². The fourth-order valence-corrected chi connectivity index (χ4v) is 1.20. The molecular formula is C8H15NO4S. The van der Waals surface area contributed by atoms with Gasteiger partial charge in [-0.25, -0.2) is 0 Å². The zero-order valence-corrected chi connectivity index (χ0v) is 8.84. The summed E-state index contributed by atoms with van der Waals surface area (Å²) in [5, 5.41) is 19.6. The second-order valence-corrected chi connectivity index (χ2v) is 3.96. The van der Waals surface area contributed by atoms with Crippen molar-refractivity contribution in [3.8, 4) is 0 Å². The molecule has 0 fully saturated rings. The maximum absolute atomic E-state index is 11.0. The van der Waals surface area contributed by atoms with Gasteiger partial charge in [0.15, 0.2) is 0 Å². The van der Waals surface area contributed by atoms with Gasteiger partial charge in [0.1, 0.15) is 0 Å². The molecule has 1 amide bonds. The smallest absolute Gasteiger partial charge is 0.313 e. The van der Waals surface area contributed by atoms with E-state index in [9.17, 15) is 9.59 Å². The molecule has 14 heavy (non-hydrogen) atoms. The van der Waals surface area contributed by atoms with Crippen molar-refractivity contribution in [1.29, 1.82) is 0 Å². The van der Waals surface area contributed by atoms with Gasteiger partial charge in [-0.3, -0.25) is 9.59 Å². The normalized spacial score (nSPS) is 12.1. The third-order valence-corrected chi connectivity index (χ3v) is 2.34. The largest absolute Gasteiger partial charge is 0.481 e. The van der Waals surface area contributed by atoms with E-state index in [2.05, 4.69) is 5.32 Å². The summed E-state index contributed by atoms with van der Waals surface area (Å²) >= 11 is 1.05. The second-order valence-electron chi connectivity index (χ2n) is 2.98. The fraction of sp³-hybridized carbons (Fsp3) is 0.750. The van der Waals surface area contributed by atoms with Crippen molar-refractivity contribution < 1.29 is 19.8 Å². The van der Waals surface area contributed by atoms with Crippen molar-refractivity contribution in [2.24, 2.45) is 5.92 Å². The predicted octanol–water partition coefficient (Wildman–Crippen LogP) is -0.451.